The van der Waals surface area contributed by atoms with Gasteiger partial charge in [-0.15, -0.1) is 0 Å². The standard InChI is InChI=1S/C13H22S/c1-9-8-12(2,3)10-6-5-7-13(4,14)11(9)10/h9,14H,5-8H2,1-4H3. The van der Waals surface area contributed by atoms with Crippen molar-refractivity contribution in [3.8, 4) is 0 Å². The fraction of sp³-hybridized carbons (Fsp3) is 0.846. The Morgan fingerprint density at radius 1 is 1.29 bits per heavy atom. The summed E-state index contributed by atoms with van der Waals surface area (Å²) in [6.45, 7) is 9.49. The van der Waals surface area contributed by atoms with Crippen LogP contribution in [0.2, 0.25) is 0 Å². The Bertz CT molecular complexity index is 284. The van der Waals surface area contributed by atoms with E-state index in [-0.39, 0.29) is 4.75 Å². The van der Waals surface area contributed by atoms with E-state index >= 15 is 0 Å². The largest absolute Gasteiger partial charge is 0.168 e. The van der Waals surface area contributed by atoms with Gasteiger partial charge in [0.1, 0.15) is 0 Å². The van der Waals surface area contributed by atoms with Gasteiger partial charge in [-0.3, -0.25) is 0 Å². The minimum absolute atomic E-state index is 0.181. The summed E-state index contributed by atoms with van der Waals surface area (Å²) in [4.78, 5) is 0. The minimum Gasteiger partial charge on any atom is -0.168 e. The molecule has 0 heterocycles. The van der Waals surface area contributed by atoms with E-state index in [0.29, 0.717) is 5.41 Å². The lowest BCUT2D eigenvalue weighted by atomic mass is 9.77. The summed E-state index contributed by atoms with van der Waals surface area (Å²) in [6, 6.07) is 0. The summed E-state index contributed by atoms with van der Waals surface area (Å²) >= 11 is 4.87. The van der Waals surface area contributed by atoms with E-state index in [1.807, 2.05) is 0 Å². The highest BCUT2D eigenvalue weighted by molar-refractivity contribution is 7.82. The molecule has 80 valence electrons. The van der Waals surface area contributed by atoms with Crippen LogP contribution in [0.3, 0.4) is 0 Å². The van der Waals surface area contributed by atoms with Gasteiger partial charge in [0.2, 0.25) is 0 Å². The van der Waals surface area contributed by atoms with Crippen LogP contribution in [0.5, 0.6) is 0 Å². The highest BCUT2D eigenvalue weighted by atomic mass is 32.1. The lowest BCUT2D eigenvalue weighted by Gasteiger charge is -2.35. The molecular weight excluding hydrogens is 188 g/mol. The van der Waals surface area contributed by atoms with Crippen LogP contribution in [0, 0.1) is 11.3 Å². The van der Waals surface area contributed by atoms with Gasteiger partial charge in [0.15, 0.2) is 0 Å². The lowest BCUT2D eigenvalue weighted by molar-refractivity contribution is 0.392. The second-order valence-corrected chi connectivity index (χ2v) is 7.00. The smallest absolute Gasteiger partial charge is 0.0315 e. The van der Waals surface area contributed by atoms with Gasteiger partial charge in [0.25, 0.3) is 0 Å². The zero-order chi connectivity index (χ0) is 10.6. The van der Waals surface area contributed by atoms with Crippen LogP contribution in [0.4, 0.5) is 0 Å². The Balaban J connectivity index is 2.48. The average molecular weight is 210 g/mol. The zero-order valence-corrected chi connectivity index (χ0v) is 10.7. The average Bonchev–Trinajstić information content (AvgIpc) is 2.22. The van der Waals surface area contributed by atoms with Crippen molar-refractivity contribution < 1.29 is 0 Å². The molecule has 2 atom stereocenters. The number of hydrogen-bond acceptors (Lipinski definition) is 1. The highest BCUT2D eigenvalue weighted by Gasteiger charge is 2.44. The molecule has 0 saturated heterocycles. The monoisotopic (exact) mass is 210 g/mol. The van der Waals surface area contributed by atoms with Crippen LogP contribution in [0.15, 0.2) is 11.1 Å². The lowest BCUT2D eigenvalue weighted by Crippen LogP contribution is -2.27. The molecule has 0 bridgehead atoms. The normalized spacial score (nSPS) is 41.4. The van der Waals surface area contributed by atoms with Crippen LogP contribution in [0.1, 0.15) is 53.4 Å². The van der Waals surface area contributed by atoms with Crippen LogP contribution >= 0.6 is 12.6 Å². The van der Waals surface area contributed by atoms with Gasteiger partial charge >= 0.3 is 0 Å². The predicted octanol–water partition coefficient (Wildman–Crippen LogP) is 4.22. The summed E-state index contributed by atoms with van der Waals surface area (Å²) < 4.78 is 0.181. The van der Waals surface area contributed by atoms with E-state index in [4.69, 9.17) is 12.6 Å². The zero-order valence-electron chi connectivity index (χ0n) is 9.85. The van der Waals surface area contributed by atoms with Crippen molar-refractivity contribution in [3.05, 3.63) is 11.1 Å². The van der Waals surface area contributed by atoms with E-state index in [1.165, 1.54) is 25.7 Å². The number of thiol groups is 1. The molecule has 0 amide bonds. The van der Waals surface area contributed by atoms with Crippen molar-refractivity contribution in [1.29, 1.82) is 0 Å². The Hall–Kier alpha value is 0.0900. The fourth-order valence-electron chi connectivity index (χ4n) is 3.73. The SMILES string of the molecule is CC1CC(C)(C)C2=C1C(C)(S)CCC2. The second kappa shape index (κ2) is 3.04. The summed E-state index contributed by atoms with van der Waals surface area (Å²) in [7, 11) is 0. The van der Waals surface area contributed by atoms with Gasteiger partial charge in [-0.25, -0.2) is 0 Å². The Morgan fingerprint density at radius 2 is 1.93 bits per heavy atom. The quantitative estimate of drug-likeness (QED) is 0.449. The first-order valence-electron chi connectivity index (χ1n) is 5.81. The van der Waals surface area contributed by atoms with Gasteiger partial charge in [-0.2, -0.15) is 12.6 Å². The summed E-state index contributed by atoms with van der Waals surface area (Å²) in [5.74, 6) is 0.753. The van der Waals surface area contributed by atoms with Gasteiger partial charge < -0.3 is 0 Å². The topological polar surface area (TPSA) is 0 Å². The Kier molecular flexibility index (Phi) is 2.30. The maximum atomic E-state index is 4.87. The molecule has 2 unspecified atom stereocenters. The summed E-state index contributed by atoms with van der Waals surface area (Å²) in [5, 5.41) is 0. The molecule has 2 aliphatic rings. The molecule has 0 aromatic heterocycles. The number of rotatable bonds is 0. The molecule has 2 rings (SSSR count). The molecule has 0 fully saturated rings. The third kappa shape index (κ3) is 1.44. The molecule has 0 nitrogen and oxygen atoms in total. The van der Waals surface area contributed by atoms with Crippen molar-refractivity contribution in [2.75, 3.05) is 0 Å². The van der Waals surface area contributed by atoms with Crippen molar-refractivity contribution >= 4 is 12.6 Å². The van der Waals surface area contributed by atoms with E-state index in [1.54, 1.807) is 11.1 Å². The molecule has 0 N–H and O–H groups in total. The molecule has 1 heteroatoms. The van der Waals surface area contributed by atoms with Crippen molar-refractivity contribution in [1.82, 2.24) is 0 Å². The highest BCUT2D eigenvalue weighted by Crippen LogP contribution is 2.55. The molecule has 0 aliphatic heterocycles. The first kappa shape index (κ1) is 10.6. The maximum Gasteiger partial charge on any atom is 0.0315 e. The van der Waals surface area contributed by atoms with Crippen LogP contribution in [0.25, 0.3) is 0 Å². The van der Waals surface area contributed by atoms with Crippen molar-refractivity contribution in [3.63, 3.8) is 0 Å². The summed E-state index contributed by atoms with van der Waals surface area (Å²) in [5.41, 5.74) is 3.85. The van der Waals surface area contributed by atoms with E-state index in [0.717, 1.165) is 5.92 Å². The van der Waals surface area contributed by atoms with Gasteiger partial charge in [-0.05, 0) is 43.9 Å². The Labute approximate surface area is 93.6 Å². The van der Waals surface area contributed by atoms with E-state index in [2.05, 4.69) is 27.7 Å². The van der Waals surface area contributed by atoms with Gasteiger partial charge in [0.05, 0.1) is 0 Å². The molecule has 0 aromatic rings. The van der Waals surface area contributed by atoms with Crippen molar-refractivity contribution in [2.45, 2.75) is 58.1 Å². The number of hydrogen-bond donors (Lipinski definition) is 1. The van der Waals surface area contributed by atoms with Gasteiger partial charge in [-0.1, -0.05) is 31.9 Å². The molecule has 14 heavy (non-hydrogen) atoms. The van der Waals surface area contributed by atoms with E-state index in [9.17, 15) is 0 Å². The maximum absolute atomic E-state index is 4.87. The molecule has 0 spiro atoms. The fourth-order valence-corrected chi connectivity index (χ4v) is 4.24. The van der Waals surface area contributed by atoms with Crippen molar-refractivity contribution in [2.24, 2.45) is 11.3 Å². The third-order valence-electron chi connectivity index (χ3n) is 4.12. The minimum atomic E-state index is 0.181. The van der Waals surface area contributed by atoms with Crippen LogP contribution < -0.4 is 0 Å². The first-order chi connectivity index (χ1) is 6.34. The third-order valence-corrected chi connectivity index (χ3v) is 4.59. The second-order valence-electron chi connectivity index (χ2n) is 6.01. The molecular formula is C13H22S. The number of allylic oxidation sites excluding steroid dienone is 1. The Morgan fingerprint density at radius 3 is 2.50 bits per heavy atom. The molecule has 0 radical (unpaired) electrons. The van der Waals surface area contributed by atoms with Crippen LogP contribution in [-0.2, 0) is 0 Å². The summed E-state index contributed by atoms with van der Waals surface area (Å²) in [6.07, 6.45) is 5.24. The van der Waals surface area contributed by atoms with Crippen LogP contribution in [-0.4, -0.2) is 4.75 Å². The molecule has 2 aliphatic carbocycles. The first-order valence-corrected chi connectivity index (χ1v) is 6.26. The molecule has 0 aromatic carbocycles. The predicted molar refractivity (Wildman–Crippen MR) is 65.8 cm³/mol. The molecule has 0 saturated carbocycles. The van der Waals surface area contributed by atoms with Gasteiger partial charge in [0, 0.05) is 4.75 Å². The van der Waals surface area contributed by atoms with E-state index < -0.39 is 0 Å².